The fourth-order valence-corrected chi connectivity index (χ4v) is 13.1. The van der Waals surface area contributed by atoms with Crippen molar-refractivity contribution in [3.63, 3.8) is 0 Å². The van der Waals surface area contributed by atoms with Gasteiger partial charge in [0.15, 0.2) is 23.0 Å². The molecule has 1 unspecified atom stereocenters. The number of ether oxygens (including phenoxy) is 4. The molecule has 6 heteroatoms. The average molecular weight is 725 g/mol. The summed E-state index contributed by atoms with van der Waals surface area (Å²) in [5, 5.41) is 7.44. The van der Waals surface area contributed by atoms with E-state index >= 15 is 0 Å². The standard InChI is InChI=1S/C46H46O4P2/c1-10-28(3)19-35(11-2)51(36-20-29(4)16-30(5)21-36)41-14-12-39-45(49-26-47-39)43(41)44-42(15-13-40-46(44)50-27-48-40)52(37-22-31(6)17-32(7)23-37)38-24-33(8)18-34(9)25-38/h10-25H,1,26-27H2,2-9H3/b28-19-,35-11+. The molecule has 0 saturated heterocycles. The van der Waals surface area contributed by atoms with E-state index in [1.54, 1.807) is 0 Å². The Morgan fingerprint density at radius 2 is 1.00 bits per heavy atom. The lowest BCUT2D eigenvalue weighted by Gasteiger charge is -2.29. The minimum absolute atomic E-state index is 0.157. The van der Waals surface area contributed by atoms with Crippen LogP contribution in [0.15, 0.2) is 115 Å². The largest absolute Gasteiger partial charge is 0.454 e. The number of allylic oxidation sites excluding steroid dienone is 5. The van der Waals surface area contributed by atoms with Crippen LogP contribution in [0.4, 0.5) is 0 Å². The Balaban J connectivity index is 1.62. The first-order chi connectivity index (χ1) is 25.0. The van der Waals surface area contributed by atoms with Gasteiger partial charge in [-0.3, -0.25) is 0 Å². The van der Waals surface area contributed by atoms with E-state index in [-0.39, 0.29) is 13.6 Å². The van der Waals surface area contributed by atoms with E-state index in [1.165, 1.54) is 65.2 Å². The van der Waals surface area contributed by atoms with Crippen LogP contribution < -0.4 is 45.5 Å². The van der Waals surface area contributed by atoms with Crippen LogP contribution in [0.2, 0.25) is 0 Å². The molecule has 0 amide bonds. The number of benzene rings is 5. The molecular weight excluding hydrogens is 678 g/mol. The van der Waals surface area contributed by atoms with Crippen molar-refractivity contribution in [3.05, 3.63) is 148 Å². The molecule has 4 nitrogen and oxygen atoms in total. The fourth-order valence-electron chi connectivity index (χ4n) is 7.44. The quantitative estimate of drug-likeness (QED) is 0.112. The third-order valence-electron chi connectivity index (χ3n) is 9.41. The first-order valence-corrected chi connectivity index (χ1v) is 20.4. The van der Waals surface area contributed by atoms with E-state index in [0.717, 1.165) is 39.7 Å². The van der Waals surface area contributed by atoms with Gasteiger partial charge in [-0.1, -0.05) is 118 Å². The molecule has 52 heavy (non-hydrogen) atoms. The van der Waals surface area contributed by atoms with Gasteiger partial charge in [-0.25, -0.2) is 0 Å². The summed E-state index contributed by atoms with van der Waals surface area (Å²) in [6.07, 6.45) is 6.45. The van der Waals surface area contributed by atoms with Crippen molar-refractivity contribution < 1.29 is 18.9 Å². The van der Waals surface area contributed by atoms with E-state index in [1.807, 2.05) is 6.08 Å². The highest BCUT2D eigenvalue weighted by Crippen LogP contribution is 2.55. The number of aryl methyl sites for hydroxylation is 6. The second-order valence-corrected chi connectivity index (χ2v) is 18.3. The zero-order valence-electron chi connectivity index (χ0n) is 31.4. The van der Waals surface area contributed by atoms with E-state index in [0.29, 0.717) is 0 Å². The molecule has 5 aromatic rings. The highest BCUT2D eigenvalue weighted by molar-refractivity contribution is 7.80. The molecule has 5 aromatic carbocycles. The summed E-state index contributed by atoms with van der Waals surface area (Å²) in [5.74, 6) is 2.97. The fraction of sp³-hybridized carbons (Fsp3) is 0.217. The zero-order chi connectivity index (χ0) is 36.7. The maximum Gasteiger partial charge on any atom is 0.231 e. The summed E-state index contributed by atoms with van der Waals surface area (Å²) in [6, 6.07) is 29.5. The van der Waals surface area contributed by atoms with Gasteiger partial charge in [0.2, 0.25) is 13.6 Å². The van der Waals surface area contributed by atoms with Crippen molar-refractivity contribution in [3.8, 4) is 34.1 Å². The molecule has 2 aliphatic heterocycles. The Kier molecular flexibility index (Phi) is 10.2. The van der Waals surface area contributed by atoms with Crippen LogP contribution in [-0.4, -0.2) is 13.6 Å². The van der Waals surface area contributed by atoms with Gasteiger partial charge in [-0.05, 0) is 127 Å². The molecule has 0 aromatic heterocycles. The predicted molar refractivity (Wildman–Crippen MR) is 222 cm³/mol. The average Bonchev–Trinajstić information content (AvgIpc) is 3.77. The maximum atomic E-state index is 6.51. The lowest BCUT2D eigenvalue weighted by molar-refractivity contribution is 0.173. The van der Waals surface area contributed by atoms with Gasteiger partial charge in [0.25, 0.3) is 0 Å². The molecule has 7 rings (SSSR count). The molecule has 0 N–H and O–H groups in total. The number of fused-ring (bicyclic) bond motifs is 2. The molecule has 2 heterocycles. The summed E-state index contributed by atoms with van der Waals surface area (Å²) in [6.45, 7) is 21.8. The lowest BCUT2D eigenvalue weighted by Crippen LogP contribution is -2.25. The second kappa shape index (κ2) is 14.8. The minimum atomic E-state index is -1.09. The van der Waals surface area contributed by atoms with Crippen LogP contribution in [0.25, 0.3) is 11.1 Å². The van der Waals surface area contributed by atoms with Crippen molar-refractivity contribution in [1.82, 2.24) is 0 Å². The van der Waals surface area contributed by atoms with Gasteiger partial charge < -0.3 is 18.9 Å². The van der Waals surface area contributed by atoms with Crippen molar-refractivity contribution in [2.75, 3.05) is 13.6 Å². The van der Waals surface area contributed by atoms with Crippen LogP contribution in [0.5, 0.6) is 23.0 Å². The molecule has 0 bridgehead atoms. The second-order valence-electron chi connectivity index (χ2n) is 13.9. The summed E-state index contributed by atoms with van der Waals surface area (Å²) in [4.78, 5) is 0. The third-order valence-corrected chi connectivity index (χ3v) is 14.3. The Hall–Kier alpha value is -4.62. The number of hydrogen-bond donors (Lipinski definition) is 0. The van der Waals surface area contributed by atoms with Crippen LogP contribution in [0.3, 0.4) is 0 Å². The van der Waals surface area contributed by atoms with Crippen molar-refractivity contribution >= 4 is 42.4 Å². The number of hydrogen-bond acceptors (Lipinski definition) is 4. The molecule has 1 atom stereocenters. The third kappa shape index (κ3) is 6.95. The molecular formula is C46H46O4P2. The van der Waals surface area contributed by atoms with Gasteiger partial charge in [0.1, 0.15) is 0 Å². The van der Waals surface area contributed by atoms with Crippen molar-refractivity contribution in [2.24, 2.45) is 0 Å². The van der Waals surface area contributed by atoms with Gasteiger partial charge in [-0.15, -0.1) is 0 Å². The number of rotatable bonds is 9. The SMILES string of the molecule is C=C/C(C)=C\C(=C/C)P(c1cc(C)cc(C)c1)c1ccc2c(c1-c1c(P(c3cc(C)cc(C)c3)c3cc(C)cc(C)c3)ccc3c1OCO3)OCO2. The summed E-state index contributed by atoms with van der Waals surface area (Å²) < 4.78 is 25.3. The lowest BCUT2D eigenvalue weighted by atomic mass is 10.0. The molecule has 2 aliphatic rings. The molecule has 0 aliphatic carbocycles. The maximum absolute atomic E-state index is 6.51. The highest BCUT2D eigenvalue weighted by atomic mass is 31.1. The van der Waals surface area contributed by atoms with Gasteiger partial charge in [0, 0.05) is 11.1 Å². The van der Waals surface area contributed by atoms with Gasteiger partial charge >= 0.3 is 0 Å². The smallest absolute Gasteiger partial charge is 0.231 e. The predicted octanol–water partition coefficient (Wildman–Crippen LogP) is 9.89. The summed E-state index contributed by atoms with van der Waals surface area (Å²) >= 11 is 0. The van der Waals surface area contributed by atoms with Crippen LogP contribution in [0.1, 0.15) is 47.2 Å². The van der Waals surface area contributed by atoms with Crippen LogP contribution >= 0.6 is 15.8 Å². The monoisotopic (exact) mass is 724 g/mol. The van der Waals surface area contributed by atoms with E-state index in [4.69, 9.17) is 18.9 Å². The highest BCUT2D eigenvalue weighted by Gasteiger charge is 2.36. The molecule has 0 saturated carbocycles. The molecule has 0 radical (unpaired) electrons. The molecule has 0 spiro atoms. The normalized spacial score (nSPS) is 14.2. The van der Waals surface area contributed by atoms with Gasteiger partial charge in [-0.2, -0.15) is 0 Å². The van der Waals surface area contributed by atoms with E-state index in [2.05, 4.69) is 153 Å². The van der Waals surface area contributed by atoms with E-state index in [9.17, 15) is 0 Å². The van der Waals surface area contributed by atoms with Crippen LogP contribution in [-0.2, 0) is 0 Å². The first kappa shape index (κ1) is 35.8. The Bertz CT molecular complexity index is 2170. The Morgan fingerprint density at radius 3 is 1.44 bits per heavy atom. The van der Waals surface area contributed by atoms with Crippen molar-refractivity contribution in [1.29, 1.82) is 0 Å². The van der Waals surface area contributed by atoms with Crippen LogP contribution in [0, 0.1) is 41.5 Å². The first-order valence-electron chi connectivity index (χ1n) is 17.7. The summed E-state index contributed by atoms with van der Waals surface area (Å²) in [7, 11) is -2.16. The van der Waals surface area contributed by atoms with E-state index < -0.39 is 15.8 Å². The topological polar surface area (TPSA) is 36.9 Å². The summed E-state index contributed by atoms with van der Waals surface area (Å²) in [5.41, 5.74) is 10.6. The molecule has 264 valence electrons. The van der Waals surface area contributed by atoms with Crippen molar-refractivity contribution in [2.45, 2.75) is 55.4 Å². The molecule has 0 fully saturated rings. The Morgan fingerprint density at radius 1 is 0.577 bits per heavy atom. The Labute approximate surface area is 311 Å². The zero-order valence-corrected chi connectivity index (χ0v) is 33.2. The van der Waals surface area contributed by atoms with Gasteiger partial charge in [0.05, 0.1) is 0 Å². The minimum Gasteiger partial charge on any atom is -0.454 e.